The van der Waals surface area contributed by atoms with E-state index in [0.717, 1.165) is 59.5 Å². The van der Waals surface area contributed by atoms with Crippen molar-refractivity contribution in [1.82, 2.24) is 24.9 Å². The van der Waals surface area contributed by atoms with Crippen LogP contribution in [0.5, 0.6) is 0 Å². The Morgan fingerprint density at radius 3 is 2.57 bits per heavy atom. The molecule has 1 aliphatic rings. The van der Waals surface area contributed by atoms with E-state index in [2.05, 4.69) is 49.2 Å². The maximum Gasteiger partial charge on any atom is 0.261 e. The number of anilines is 2. The molecule has 0 radical (unpaired) electrons. The van der Waals surface area contributed by atoms with Gasteiger partial charge in [0.1, 0.15) is 17.2 Å². The molecule has 5 aromatic rings. The lowest BCUT2D eigenvalue weighted by molar-refractivity contribution is 0.122. The highest BCUT2D eigenvalue weighted by Gasteiger charge is 2.22. The van der Waals surface area contributed by atoms with E-state index >= 15 is 0 Å². The first-order valence-electron chi connectivity index (χ1n) is 12.1. The molecule has 9 nitrogen and oxygen atoms in total. The average Bonchev–Trinajstić information content (AvgIpc) is 3.34. The lowest BCUT2D eigenvalue weighted by atomic mass is 10.1. The molecule has 37 heavy (non-hydrogen) atoms. The zero-order chi connectivity index (χ0) is 24.6. The Bertz CT molecular complexity index is 1610. The van der Waals surface area contributed by atoms with E-state index in [-0.39, 0.29) is 25.1 Å². The van der Waals surface area contributed by atoms with Crippen molar-refractivity contribution in [2.75, 3.05) is 36.5 Å². The first-order chi connectivity index (χ1) is 17.6. The number of ether oxygens (including phenoxy) is 1. The van der Waals surface area contributed by atoms with Crippen molar-refractivity contribution in [2.24, 2.45) is 0 Å². The van der Waals surface area contributed by atoms with E-state index in [0.29, 0.717) is 22.9 Å². The number of hydrogen-bond acceptors (Lipinski definition) is 7. The molecule has 10 heteroatoms. The highest BCUT2D eigenvalue weighted by molar-refractivity contribution is 7.59. The SMILES string of the molecule is Cc1cc(N2CCOCC2)cc2[nH]c(-c3c(N[C@@H](C)c4ncccn4)c4ccccc4[nH]c3=O)nc12.S. The predicted molar refractivity (Wildman–Crippen MR) is 152 cm³/mol. The van der Waals surface area contributed by atoms with Gasteiger partial charge in [-0.2, -0.15) is 13.5 Å². The Labute approximate surface area is 220 Å². The second kappa shape index (κ2) is 10.2. The largest absolute Gasteiger partial charge is 0.378 e. The number of H-pyrrole nitrogens is 2. The summed E-state index contributed by atoms with van der Waals surface area (Å²) in [4.78, 5) is 35.9. The zero-order valence-corrected chi connectivity index (χ0v) is 21.7. The molecule has 0 unspecified atom stereocenters. The number of pyridine rings is 1. The van der Waals surface area contributed by atoms with Crippen molar-refractivity contribution < 1.29 is 4.74 Å². The summed E-state index contributed by atoms with van der Waals surface area (Å²) in [5, 5.41) is 4.39. The molecule has 4 heterocycles. The maximum absolute atomic E-state index is 13.4. The summed E-state index contributed by atoms with van der Waals surface area (Å²) in [6.45, 7) is 7.17. The first kappa shape index (κ1) is 24.8. The molecule has 0 spiro atoms. The zero-order valence-electron chi connectivity index (χ0n) is 20.7. The number of rotatable bonds is 5. The number of benzene rings is 2. The van der Waals surface area contributed by atoms with E-state index < -0.39 is 0 Å². The Morgan fingerprint density at radius 1 is 1.03 bits per heavy atom. The monoisotopic (exact) mass is 515 g/mol. The molecule has 1 aliphatic heterocycles. The van der Waals surface area contributed by atoms with Crippen LogP contribution in [0.2, 0.25) is 0 Å². The van der Waals surface area contributed by atoms with Crippen molar-refractivity contribution in [3.63, 3.8) is 0 Å². The summed E-state index contributed by atoms with van der Waals surface area (Å²) >= 11 is 0. The van der Waals surface area contributed by atoms with Crippen molar-refractivity contribution in [1.29, 1.82) is 0 Å². The van der Waals surface area contributed by atoms with Crippen LogP contribution >= 0.6 is 13.5 Å². The number of nitrogens with one attached hydrogen (secondary N) is 3. The van der Waals surface area contributed by atoms with Crippen molar-refractivity contribution >= 4 is 46.8 Å². The normalized spacial score (nSPS) is 14.5. The second-order valence-corrected chi connectivity index (χ2v) is 9.07. The number of para-hydroxylation sites is 1. The molecule has 0 bridgehead atoms. The molecule has 0 amide bonds. The van der Waals surface area contributed by atoms with Gasteiger partial charge in [0, 0.05) is 36.6 Å². The van der Waals surface area contributed by atoms with Gasteiger partial charge in [-0.05, 0) is 43.7 Å². The molecule has 1 atom stereocenters. The fourth-order valence-electron chi connectivity index (χ4n) is 4.83. The van der Waals surface area contributed by atoms with E-state index in [9.17, 15) is 4.79 Å². The van der Waals surface area contributed by atoms with Crippen LogP contribution in [0.3, 0.4) is 0 Å². The highest BCUT2D eigenvalue weighted by atomic mass is 32.1. The quantitative estimate of drug-likeness (QED) is 0.320. The molecule has 3 aromatic heterocycles. The Morgan fingerprint density at radius 2 is 1.78 bits per heavy atom. The minimum atomic E-state index is -0.228. The van der Waals surface area contributed by atoms with Crippen molar-refractivity contribution in [3.05, 3.63) is 76.6 Å². The van der Waals surface area contributed by atoms with Gasteiger partial charge in [-0.1, -0.05) is 18.2 Å². The third kappa shape index (κ3) is 4.65. The number of aromatic amines is 2. The number of fused-ring (bicyclic) bond motifs is 2. The molecular formula is C27H29N7O2S. The van der Waals surface area contributed by atoms with Crippen LogP contribution in [0.1, 0.15) is 24.4 Å². The Balaban J connectivity index is 0.00000280. The van der Waals surface area contributed by atoms with Gasteiger partial charge in [-0.3, -0.25) is 4.79 Å². The first-order valence-corrected chi connectivity index (χ1v) is 12.1. The lowest BCUT2D eigenvalue weighted by Crippen LogP contribution is -2.36. The standard InChI is InChI=1S/C27H27N7O2.H2S/c1-16-14-18(34-10-12-36-13-11-34)15-21-23(16)33-26(31-21)22-24(30-17(2)25-28-8-5-9-29-25)19-6-3-4-7-20(19)32-27(22)35;/h3-9,14-15,17H,10-13H2,1-2H3,(H,31,33)(H2,30,32,35);1H2/t17-;/m0./s1. The molecule has 6 rings (SSSR count). The summed E-state index contributed by atoms with van der Waals surface area (Å²) in [6, 6.07) is 13.6. The number of aromatic nitrogens is 5. The third-order valence-electron chi connectivity index (χ3n) is 6.63. The van der Waals surface area contributed by atoms with Crippen LogP contribution in [0.15, 0.2) is 59.7 Å². The number of aryl methyl sites for hydroxylation is 1. The molecule has 1 fully saturated rings. The molecule has 190 valence electrons. The van der Waals surface area contributed by atoms with Gasteiger partial charge in [0.2, 0.25) is 0 Å². The summed E-state index contributed by atoms with van der Waals surface area (Å²) < 4.78 is 5.51. The van der Waals surface area contributed by atoms with Crippen LogP contribution < -0.4 is 15.8 Å². The van der Waals surface area contributed by atoms with Crippen LogP contribution in [-0.2, 0) is 4.74 Å². The summed E-state index contributed by atoms with van der Waals surface area (Å²) in [6.07, 6.45) is 3.43. The molecule has 2 aromatic carbocycles. The fraction of sp³-hybridized carbons (Fsp3) is 0.259. The Kier molecular flexibility index (Phi) is 6.86. The van der Waals surface area contributed by atoms with Gasteiger partial charge < -0.3 is 24.9 Å². The van der Waals surface area contributed by atoms with Crippen LogP contribution in [0.4, 0.5) is 11.4 Å². The van der Waals surface area contributed by atoms with Crippen molar-refractivity contribution in [3.8, 4) is 11.4 Å². The number of morpholine rings is 1. The fourth-order valence-corrected chi connectivity index (χ4v) is 4.83. The van der Waals surface area contributed by atoms with Gasteiger partial charge in [0.15, 0.2) is 0 Å². The summed E-state index contributed by atoms with van der Waals surface area (Å²) in [5.41, 5.74) is 5.59. The van der Waals surface area contributed by atoms with Gasteiger partial charge in [-0.25, -0.2) is 15.0 Å². The minimum Gasteiger partial charge on any atom is -0.378 e. The summed E-state index contributed by atoms with van der Waals surface area (Å²) in [5.74, 6) is 1.16. The Hall–Kier alpha value is -3.89. The molecule has 1 saturated heterocycles. The topological polar surface area (TPSA) is 112 Å². The number of nitrogens with zero attached hydrogens (tertiary/aromatic N) is 4. The average molecular weight is 516 g/mol. The molecular weight excluding hydrogens is 486 g/mol. The smallest absolute Gasteiger partial charge is 0.261 e. The van der Waals surface area contributed by atoms with Crippen LogP contribution in [-0.4, -0.2) is 51.2 Å². The van der Waals surface area contributed by atoms with Gasteiger partial charge >= 0.3 is 0 Å². The number of imidazole rings is 1. The molecule has 0 aliphatic carbocycles. The highest BCUT2D eigenvalue weighted by Crippen LogP contribution is 2.34. The summed E-state index contributed by atoms with van der Waals surface area (Å²) in [7, 11) is 0. The van der Waals surface area contributed by atoms with Crippen LogP contribution in [0.25, 0.3) is 33.3 Å². The third-order valence-corrected chi connectivity index (χ3v) is 6.63. The lowest BCUT2D eigenvalue weighted by Gasteiger charge is -2.29. The van der Waals surface area contributed by atoms with E-state index in [4.69, 9.17) is 9.72 Å². The van der Waals surface area contributed by atoms with Gasteiger partial charge in [0.25, 0.3) is 5.56 Å². The van der Waals surface area contributed by atoms with Gasteiger partial charge in [-0.15, -0.1) is 0 Å². The molecule has 0 saturated carbocycles. The predicted octanol–water partition coefficient (Wildman–Crippen LogP) is 4.29. The number of hydrogen-bond donors (Lipinski definition) is 3. The van der Waals surface area contributed by atoms with Crippen molar-refractivity contribution in [2.45, 2.75) is 19.9 Å². The van der Waals surface area contributed by atoms with Gasteiger partial charge in [0.05, 0.1) is 41.5 Å². The van der Waals surface area contributed by atoms with E-state index in [1.54, 1.807) is 18.5 Å². The van der Waals surface area contributed by atoms with Crippen LogP contribution in [0, 0.1) is 6.92 Å². The maximum atomic E-state index is 13.4. The minimum absolute atomic E-state index is 0. The second-order valence-electron chi connectivity index (χ2n) is 9.07. The molecule has 3 N–H and O–H groups in total. The van der Waals surface area contributed by atoms with E-state index in [1.165, 1.54) is 0 Å². The van der Waals surface area contributed by atoms with E-state index in [1.807, 2.05) is 31.2 Å².